The van der Waals surface area contributed by atoms with Crippen molar-refractivity contribution in [2.75, 3.05) is 13.2 Å². The minimum atomic E-state index is -4.61. The number of ether oxygens (including phenoxy) is 1. The summed E-state index contributed by atoms with van der Waals surface area (Å²) in [5, 5.41) is 3.59. The third-order valence-corrected chi connectivity index (χ3v) is 5.38. The fourth-order valence-electron chi connectivity index (χ4n) is 2.70. The third kappa shape index (κ3) is 3.89. The van der Waals surface area contributed by atoms with Crippen molar-refractivity contribution in [2.45, 2.75) is 30.6 Å². The van der Waals surface area contributed by atoms with Gasteiger partial charge in [0.2, 0.25) is 10.0 Å². The molecular formula is C15H15F4N3O3S. The highest BCUT2D eigenvalue weighted by atomic mass is 32.2. The largest absolute Gasteiger partial charge is 0.435 e. The number of fused-ring (bicyclic) bond motifs is 1. The van der Waals surface area contributed by atoms with Crippen LogP contribution in [0.15, 0.2) is 29.2 Å². The molecule has 6 nitrogen and oxygen atoms in total. The van der Waals surface area contributed by atoms with Gasteiger partial charge in [-0.15, -0.1) is 0 Å². The van der Waals surface area contributed by atoms with Gasteiger partial charge in [0.15, 0.2) is 5.69 Å². The molecule has 0 unspecified atom stereocenters. The van der Waals surface area contributed by atoms with Gasteiger partial charge >= 0.3 is 6.18 Å². The molecule has 1 N–H and O–H groups in total. The van der Waals surface area contributed by atoms with Gasteiger partial charge in [-0.1, -0.05) is 0 Å². The Morgan fingerprint density at radius 3 is 2.58 bits per heavy atom. The van der Waals surface area contributed by atoms with Crippen molar-refractivity contribution in [3.8, 4) is 0 Å². The lowest BCUT2D eigenvalue weighted by Crippen LogP contribution is -2.28. The van der Waals surface area contributed by atoms with Crippen molar-refractivity contribution < 1.29 is 30.7 Å². The Labute approximate surface area is 146 Å². The first-order valence-corrected chi connectivity index (χ1v) is 9.15. The fraction of sp³-hybridized carbons (Fsp3) is 0.400. The quantitative estimate of drug-likeness (QED) is 0.790. The summed E-state index contributed by atoms with van der Waals surface area (Å²) in [6, 6.07) is 4.22. The average Bonchev–Trinajstić information content (AvgIpc) is 2.94. The summed E-state index contributed by atoms with van der Waals surface area (Å²) in [6.07, 6.45) is -4.34. The molecule has 0 amide bonds. The van der Waals surface area contributed by atoms with Crippen molar-refractivity contribution in [3.63, 3.8) is 0 Å². The van der Waals surface area contributed by atoms with Crippen molar-refractivity contribution in [1.29, 1.82) is 0 Å². The van der Waals surface area contributed by atoms with Gasteiger partial charge in [0.05, 0.1) is 24.7 Å². The molecule has 1 aliphatic rings. The minimum Gasteiger partial charge on any atom is -0.376 e. The van der Waals surface area contributed by atoms with E-state index in [4.69, 9.17) is 4.74 Å². The predicted octanol–water partition coefficient (Wildman–Crippen LogP) is 2.09. The zero-order chi connectivity index (χ0) is 18.9. The molecule has 0 radical (unpaired) electrons. The van der Waals surface area contributed by atoms with E-state index in [1.807, 2.05) is 0 Å². The second-order valence-corrected chi connectivity index (χ2v) is 7.42. The molecule has 2 heterocycles. The molecule has 142 valence electrons. The van der Waals surface area contributed by atoms with Crippen molar-refractivity contribution in [2.24, 2.45) is 0 Å². The van der Waals surface area contributed by atoms with E-state index >= 15 is 0 Å². The molecule has 11 heteroatoms. The molecule has 1 aromatic heterocycles. The standard InChI is InChI=1S/C15H15F4N3O3S/c16-10-1-3-11(4-2-10)26(23,24)20-6-7-22-13-5-8-25-9-12(13)14(21-22)15(17,18)19/h1-4,20H,5-9H2. The zero-order valence-corrected chi connectivity index (χ0v) is 14.2. The van der Waals surface area contributed by atoms with Crippen LogP contribution < -0.4 is 4.72 Å². The molecule has 1 aliphatic heterocycles. The second-order valence-electron chi connectivity index (χ2n) is 5.65. The van der Waals surface area contributed by atoms with Gasteiger partial charge in [-0.3, -0.25) is 4.68 Å². The molecule has 0 bridgehead atoms. The highest BCUT2D eigenvalue weighted by Crippen LogP contribution is 2.34. The molecule has 3 rings (SSSR count). The normalized spacial score (nSPS) is 15.1. The molecule has 26 heavy (non-hydrogen) atoms. The van der Waals surface area contributed by atoms with Crippen molar-refractivity contribution >= 4 is 10.0 Å². The summed E-state index contributed by atoms with van der Waals surface area (Å²) in [4.78, 5) is -0.134. The number of sulfonamides is 1. The maximum Gasteiger partial charge on any atom is 0.435 e. The molecule has 0 aliphatic carbocycles. The van der Waals surface area contributed by atoms with Crippen LogP contribution in [-0.4, -0.2) is 31.3 Å². The van der Waals surface area contributed by atoms with E-state index in [0.717, 1.165) is 28.9 Å². The number of nitrogens with zero attached hydrogens (tertiary/aromatic N) is 2. The number of nitrogens with one attached hydrogen (secondary N) is 1. The highest BCUT2D eigenvalue weighted by molar-refractivity contribution is 7.89. The van der Waals surface area contributed by atoms with Gasteiger partial charge in [0, 0.05) is 24.2 Å². The Hall–Kier alpha value is -1.98. The summed E-state index contributed by atoms with van der Waals surface area (Å²) >= 11 is 0. The van der Waals surface area contributed by atoms with Crippen LogP contribution in [0.5, 0.6) is 0 Å². The molecule has 0 saturated heterocycles. The van der Waals surface area contributed by atoms with Crippen molar-refractivity contribution in [3.05, 3.63) is 47.0 Å². The Morgan fingerprint density at radius 2 is 1.92 bits per heavy atom. The van der Waals surface area contributed by atoms with Gasteiger partial charge in [0.1, 0.15) is 5.82 Å². The SMILES string of the molecule is O=S(=O)(NCCn1nc(C(F)(F)F)c2c1CCOC2)c1ccc(F)cc1. The number of hydrogen-bond acceptors (Lipinski definition) is 4. The first kappa shape index (κ1) is 18.8. The predicted molar refractivity (Wildman–Crippen MR) is 82.2 cm³/mol. The maximum absolute atomic E-state index is 13.1. The number of hydrogen-bond donors (Lipinski definition) is 1. The van der Waals surface area contributed by atoms with E-state index in [-0.39, 0.29) is 43.2 Å². The summed E-state index contributed by atoms with van der Waals surface area (Å²) < 4.78 is 84.9. The van der Waals surface area contributed by atoms with Crippen molar-refractivity contribution in [1.82, 2.24) is 14.5 Å². The van der Waals surface area contributed by atoms with Gasteiger partial charge in [-0.25, -0.2) is 17.5 Å². The second kappa shape index (κ2) is 6.97. The van der Waals surface area contributed by atoms with E-state index in [9.17, 15) is 26.0 Å². The lowest BCUT2D eigenvalue weighted by Gasteiger charge is -2.15. The highest BCUT2D eigenvalue weighted by Gasteiger charge is 2.39. The van der Waals surface area contributed by atoms with Crippen LogP contribution in [-0.2, 0) is 40.5 Å². The van der Waals surface area contributed by atoms with Gasteiger partial charge in [-0.05, 0) is 24.3 Å². The number of benzene rings is 1. The van der Waals surface area contributed by atoms with Gasteiger partial charge in [-0.2, -0.15) is 18.3 Å². The van der Waals surface area contributed by atoms with Crippen LogP contribution in [0.4, 0.5) is 17.6 Å². The Morgan fingerprint density at radius 1 is 1.23 bits per heavy atom. The van der Waals surface area contributed by atoms with E-state index in [1.54, 1.807) is 0 Å². The first-order chi connectivity index (χ1) is 12.2. The van der Waals surface area contributed by atoms with Crippen LogP contribution in [0.1, 0.15) is 17.0 Å². The first-order valence-electron chi connectivity index (χ1n) is 7.67. The number of aromatic nitrogens is 2. The van der Waals surface area contributed by atoms with E-state index in [1.165, 1.54) is 0 Å². The van der Waals surface area contributed by atoms with E-state index in [2.05, 4.69) is 9.82 Å². The smallest absolute Gasteiger partial charge is 0.376 e. The Bertz CT molecular complexity index is 892. The lowest BCUT2D eigenvalue weighted by atomic mass is 10.1. The summed E-state index contributed by atoms with van der Waals surface area (Å²) in [5.74, 6) is -0.575. The van der Waals surface area contributed by atoms with E-state index in [0.29, 0.717) is 5.69 Å². The minimum absolute atomic E-state index is 0.00913. The summed E-state index contributed by atoms with van der Waals surface area (Å²) in [6.45, 7) is -0.131. The molecule has 0 spiro atoms. The number of alkyl halides is 3. The zero-order valence-electron chi connectivity index (χ0n) is 13.4. The molecule has 0 atom stereocenters. The molecule has 2 aromatic rings. The molecule has 0 fully saturated rings. The Balaban J connectivity index is 1.74. The topological polar surface area (TPSA) is 73.2 Å². The summed E-state index contributed by atoms with van der Waals surface area (Å²) in [7, 11) is -3.89. The molecular weight excluding hydrogens is 378 g/mol. The van der Waals surface area contributed by atoms with Crippen LogP contribution in [0.2, 0.25) is 0 Å². The van der Waals surface area contributed by atoms with Crippen LogP contribution in [0.3, 0.4) is 0 Å². The van der Waals surface area contributed by atoms with Crippen LogP contribution >= 0.6 is 0 Å². The van der Waals surface area contributed by atoms with Crippen LogP contribution in [0, 0.1) is 5.82 Å². The van der Waals surface area contributed by atoms with Gasteiger partial charge < -0.3 is 4.74 Å². The third-order valence-electron chi connectivity index (χ3n) is 3.90. The summed E-state index contributed by atoms with van der Waals surface area (Å²) in [5.41, 5.74) is -0.622. The number of rotatable bonds is 5. The average molecular weight is 393 g/mol. The monoisotopic (exact) mass is 393 g/mol. The lowest BCUT2D eigenvalue weighted by molar-refractivity contribution is -0.142. The molecule has 1 aromatic carbocycles. The number of halogens is 4. The van der Waals surface area contributed by atoms with Crippen LogP contribution in [0.25, 0.3) is 0 Å². The maximum atomic E-state index is 13.1. The fourth-order valence-corrected chi connectivity index (χ4v) is 3.73. The Kier molecular flexibility index (Phi) is 5.04. The van der Waals surface area contributed by atoms with Gasteiger partial charge in [0.25, 0.3) is 0 Å². The van der Waals surface area contributed by atoms with E-state index < -0.39 is 27.7 Å². The molecule has 0 saturated carbocycles.